The van der Waals surface area contributed by atoms with E-state index in [1.54, 1.807) is 0 Å². The number of hydrogen-bond donors (Lipinski definition) is 0. The summed E-state index contributed by atoms with van der Waals surface area (Å²) in [5.74, 6) is 2.80. The molecule has 3 aliphatic heterocycles. The molecule has 0 radical (unpaired) electrons. The predicted octanol–water partition coefficient (Wildman–Crippen LogP) is 18.1. The quantitative estimate of drug-likeness (QED) is 0.165. The Labute approximate surface area is 446 Å². The molecule has 0 atom stereocenters. The lowest BCUT2D eigenvalue weighted by Crippen LogP contribution is -2.62. The van der Waals surface area contributed by atoms with Gasteiger partial charge in [0.05, 0.1) is 0 Å². The lowest BCUT2D eigenvalue weighted by molar-refractivity contribution is 0.332. The third kappa shape index (κ3) is 6.21. The third-order valence-electron chi connectivity index (χ3n) is 18.2. The third-order valence-corrected chi connectivity index (χ3v) is 18.2. The molecule has 0 N–H and O–H groups in total. The fourth-order valence-corrected chi connectivity index (χ4v) is 14.1. The number of hydrogen-bond acceptors (Lipinski definition) is 5. The van der Waals surface area contributed by atoms with Crippen LogP contribution >= 0.6 is 0 Å². The minimum atomic E-state index is -0.366. The molecule has 6 heteroatoms. The molecule has 76 heavy (non-hydrogen) atoms. The van der Waals surface area contributed by atoms with Crippen molar-refractivity contribution in [2.75, 3.05) is 9.71 Å². The van der Waals surface area contributed by atoms with Crippen molar-refractivity contribution in [1.82, 2.24) is 0 Å². The molecule has 5 nitrogen and oxygen atoms in total. The summed E-state index contributed by atoms with van der Waals surface area (Å²) in [4.78, 5) is 5.32. The fraction of sp³-hybridized carbons (Fsp3) is 0.229. The number of fused-ring (bicyclic) bond motifs is 15. The van der Waals surface area contributed by atoms with E-state index < -0.39 is 0 Å². The summed E-state index contributed by atoms with van der Waals surface area (Å²) >= 11 is 0. The Morgan fingerprint density at radius 3 is 1.92 bits per heavy atom. The summed E-state index contributed by atoms with van der Waals surface area (Å²) in [6.45, 7) is 23.5. The van der Waals surface area contributed by atoms with E-state index in [9.17, 15) is 0 Å². The van der Waals surface area contributed by atoms with E-state index in [-0.39, 0.29) is 28.5 Å². The normalized spacial score (nSPS) is 16.6. The van der Waals surface area contributed by atoms with Crippen LogP contribution in [0.2, 0.25) is 0 Å². The van der Waals surface area contributed by atoms with Crippen LogP contribution < -0.4 is 30.1 Å². The first-order valence-corrected chi connectivity index (χ1v) is 27.3. The molecule has 0 bridgehead atoms. The maximum absolute atomic E-state index is 7.33. The van der Waals surface area contributed by atoms with Gasteiger partial charge in [0.2, 0.25) is 0 Å². The highest BCUT2D eigenvalue weighted by molar-refractivity contribution is 6.94. The molecule has 15 rings (SSSR count). The predicted molar refractivity (Wildman–Crippen MR) is 316 cm³/mol. The van der Waals surface area contributed by atoms with E-state index in [0.29, 0.717) is 23.0 Å². The largest absolute Gasteiger partial charge is 0.455 e. The Kier molecular flexibility index (Phi) is 9.18. The van der Waals surface area contributed by atoms with Gasteiger partial charge < -0.3 is 23.6 Å². The number of aryl methyl sites for hydroxylation is 1. The van der Waals surface area contributed by atoms with Gasteiger partial charge in [-0.15, -0.1) is 0 Å². The summed E-state index contributed by atoms with van der Waals surface area (Å²) in [6, 6.07) is 60.9. The summed E-state index contributed by atoms with van der Waals surface area (Å²) in [5, 5.41) is 2.20. The Balaban J connectivity index is 1.14. The zero-order chi connectivity index (χ0) is 51.9. The minimum Gasteiger partial charge on any atom is -0.455 e. The molecule has 4 heterocycles. The van der Waals surface area contributed by atoms with Crippen molar-refractivity contribution in [3.05, 3.63) is 197 Å². The second kappa shape index (κ2) is 15.3. The van der Waals surface area contributed by atoms with Gasteiger partial charge in [-0.1, -0.05) is 172 Å². The van der Waals surface area contributed by atoms with Crippen molar-refractivity contribution in [3.63, 3.8) is 0 Å². The van der Waals surface area contributed by atoms with E-state index >= 15 is 0 Å². The molecule has 0 amide bonds. The second-order valence-corrected chi connectivity index (χ2v) is 25.1. The average molecular weight is 989 g/mol. The van der Waals surface area contributed by atoms with Gasteiger partial charge in [-0.2, -0.15) is 0 Å². The van der Waals surface area contributed by atoms with Crippen LogP contribution in [0.5, 0.6) is 23.0 Å². The van der Waals surface area contributed by atoms with E-state index in [1.165, 1.54) is 66.8 Å². The van der Waals surface area contributed by atoms with E-state index in [4.69, 9.17) is 13.9 Å². The summed E-state index contributed by atoms with van der Waals surface area (Å²) in [5.41, 5.74) is 24.6. The first kappa shape index (κ1) is 45.4. The van der Waals surface area contributed by atoms with Crippen molar-refractivity contribution in [1.29, 1.82) is 0 Å². The lowest BCUT2D eigenvalue weighted by Gasteiger charge is -2.48. The molecule has 5 aliphatic rings. The van der Waals surface area contributed by atoms with Crippen LogP contribution in [0.1, 0.15) is 109 Å². The van der Waals surface area contributed by atoms with Crippen molar-refractivity contribution < 1.29 is 13.9 Å². The molecular formula is C70H61BN2O3. The monoisotopic (exact) mass is 988 g/mol. The maximum Gasteiger partial charge on any atom is 0.333 e. The number of anilines is 5. The Morgan fingerprint density at radius 2 is 1.17 bits per heavy atom. The Bertz CT molecular complexity index is 4170. The molecule has 0 saturated heterocycles. The van der Waals surface area contributed by atoms with Crippen LogP contribution in [-0.2, 0) is 21.7 Å². The average Bonchev–Trinajstić information content (AvgIpc) is 4.08. The van der Waals surface area contributed by atoms with Gasteiger partial charge in [-0.05, 0) is 146 Å². The van der Waals surface area contributed by atoms with Crippen LogP contribution in [-0.4, -0.2) is 6.85 Å². The topological polar surface area (TPSA) is 38.1 Å². The van der Waals surface area contributed by atoms with Gasteiger partial charge in [-0.3, -0.25) is 0 Å². The van der Waals surface area contributed by atoms with Gasteiger partial charge in [-0.25, -0.2) is 0 Å². The zero-order valence-corrected chi connectivity index (χ0v) is 45.2. The molecule has 2 aliphatic carbocycles. The molecule has 10 aromatic rings. The van der Waals surface area contributed by atoms with E-state index in [1.807, 2.05) is 24.3 Å². The van der Waals surface area contributed by atoms with Gasteiger partial charge in [0.15, 0.2) is 23.0 Å². The van der Waals surface area contributed by atoms with Crippen molar-refractivity contribution >= 4 is 68.1 Å². The first-order chi connectivity index (χ1) is 36.5. The van der Waals surface area contributed by atoms with Crippen molar-refractivity contribution in [2.45, 2.75) is 104 Å². The molecule has 0 unspecified atom stereocenters. The van der Waals surface area contributed by atoms with E-state index in [0.717, 1.165) is 74.1 Å². The number of ether oxygens (including phenoxy) is 2. The van der Waals surface area contributed by atoms with Gasteiger partial charge in [0.25, 0.3) is 0 Å². The number of para-hydroxylation sites is 3. The standard InChI is InChI=1S/C70H61BN2O3/c1-40-34-50-51(69(7,8)33-32-68(50,5)6)37-54(40)72-55-39-61-60(74-58-26-18-19-27-59(58)75-61)38-52(55)71-64-56(72)36-48-44-23-15-17-25-57(44)76-66(48)62(64)46-30-29-45-43-22-14-16-24-49(43)70(9,10)63(45)65(46)73(71)53-31-28-42(67(2,3)4)35-47(53)41-20-12-11-13-21-41/h11-31,34-39H,32-33H2,1-10H3. The van der Waals surface area contributed by atoms with E-state index in [2.05, 4.69) is 218 Å². The van der Waals surface area contributed by atoms with Gasteiger partial charge >= 0.3 is 6.85 Å². The SMILES string of the molecule is Cc1cc2c(cc1N1c3cc4c(cc3B3c5c1cc1c(oc6ccccc61)c5-c1ccc5c(c1N3c1ccc(C(C)(C)C)cc1-c1ccccc1)C(C)(C)c1ccccc1-5)Oc1ccccc1O4)C(C)(C)CCC2(C)C. The van der Waals surface area contributed by atoms with Crippen LogP contribution in [0.4, 0.5) is 28.4 Å². The molecule has 0 saturated carbocycles. The summed E-state index contributed by atoms with van der Waals surface area (Å²) < 4.78 is 21.3. The number of furan rings is 1. The molecule has 9 aromatic carbocycles. The Hall–Kier alpha value is -7.96. The summed E-state index contributed by atoms with van der Waals surface area (Å²) in [7, 11) is 0. The smallest absolute Gasteiger partial charge is 0.333 e. The minimum absolute atomic E-state index is 0.0251. The number of nitrogens with zero attached hydrogens (tertiary/aromatic N) is 2. The number of rotatable bonds is 3. The highest BCUT2D eigenvalue weighted by Crippen LogP contribution is 2.61. The van der Waals surface area contributed by atoms with Crippen LogP contribution in [0.15, 0.2) is 168 Å². The number of benzene rings is 9. The van der Waals surface area contributed by atoms with Crippen LogP contribution in [0, 0.1) is 6.92 Å². The van der Waals surface area contributed by atoms with Crippen molar-refractivity contribution in [2.24, 2.45) is 0 Å². The lowest BCUT2D eigenvalue weighted by atomic mass is 9.43. The maximum atomic E-state index is 7.33. The Morgan fingerprint density at radius 1 is 0.513 bits per heavy atom. The van der Waals surface area contributed by atoms with Crippen LogP contribution in [0.3, 0.4) is 0 Å². The fourth-order valence-electron chi connectivity index (χ4n) is 14.1. The second-order valence-electron chi connectivity index (χ2n) is 25.1. The first-order valence-electron chi connectivity index (χ1n) is 27.3. The van der Waals surface area contributed by atoms with Crippen LogP contribution in [0.25, 0.3) is 55.3 Å². The van der Waals surface area contributed by atoms with Crippen molar-refractivity contribution in [3.8, 4) is 56.4 Å². The highest BCUT2D eigenvalue weighted by Gasteiger charge is 2.52. The van der Waals surface area contributed by atoms with Gasteiger partial charge in [0, 0.05) is 67.4 Å². The highest BCUT2D eigenvalue weighted by atomic mass is 16.6. The molecule has 0 fully saturated rings. The molecule has 372 valence electrons. The van der Waals surface area contributed by atoms with Gasteiger partial charge in [0.1, 0.15) is 11.2 Å². The molecule has 1 aromatic heterocycles. The molecule has 0 spiro atoms. The summed E-state index contributed by atoms with van der Waals surface area (Å²) in [6.07, 6.45) is 2.26. The zero-order valence-electron chi connectivity index (χ0n) is 45.2. The molecular weight excluding hydrogens is 928 g/mol.